The van der Waals surface area contributed by atoms with Crippen molar-refractivity contribution in [2.75, 3.05) is 23.6 Å². The summed E-state index contributed by atoms with van der Waals surface area (Å²) in [7, 11) is 0. The molecule has 0 aromatic heterocycles. The van der Waals surface area contributed by atoms with E-state index in [0.717, 1.165) is 17.4 Å². The Hall–Kier alpha value is 0.1000. The molecule has 0 amide bonds. The van der Waals surface area contributed by atoms with Crippen molar-refractivity contribution in [2.45, 2.75) is 6.04 Å². The Balaban J connectivity index is 2.34. The van der Waals surface area contributed by atoms with Crippen LogP contribution in [0.2, 0.25) is 0 Å². The fourth-order valence-corrected chi connectivity index (χ4v) is 2.83. The molecule has 1 aliphatic rings. The van der Waals surface area contributed by atoms with E-state index in [0.29, 0.717) is 6.04 Å². The summed E-state index contributed by atoms with van der Waals surface area (Å²) < 4.78 is 0. The van der Waals surface area contributed by atoms with Gasteiger partial charge in [-0.15, -0.1) is 16.7 Å². The van der Waals surface area contributed by atoms with Gasteiger partial charge < -0.3 is 0 Å². The smallest absolute Gasteiger partial charge is 0.0851 e. The van der Waals surface area contributed by atoms with Gasteiger partial charge in [0.05, 0.1) is 17.2 Å². The van der Waals surface area contributed by atoms with E-state index in [4.69, 9.17) is 0 Å². The summed E-state index contributed by atoms with van der Waals surface area (Å²) in [5, 5.41) is 4.56. The van der Waals surface area contributed by atoms with Crippen molar-refractivity contribution >= 4 is 23.5 Å². The molecular weight excluding hydrogens is 168 g/mol. The maximum atomic E-state index is 10.1. The molecule has 5 heteroatoms. The first-order chi connectivity index (χ1) is 4.88. The number of hydrogen-bond acceptors (Lipinski definition) is 4. The highest BCUT2D eigenvalue weighted by Gasteiger charge is 2.23. The van der Waals surface area contributed by atoms with Crippen molar-refractivity contribution in [1.82, 2.24) is 5.01 Å². The number of nitrogens with zero attached hydrogens (tertiary/aromatic N) is 2. The Morgan fingerprint density at radius 3 is 3.30 bits per heavy atom. The maximum absolute atomic E-state index is 10.1. The van der Waals surface area contributed by atoms with Crippen LogP contribution in [0.1, 0.15) is 0 Å². The fourth-order valence-electron chi connectivity index (χ4n) is 0.890. The van der Waals surface area contributed by atoms with E-state index in [2.05, 4.69) is 5.29 Å². The first-order valence-electron chi connectivity index (χ1n) is 3.05. The van der Waals surface area contributed by atoms with Crippen molar-refractivity contribution < 1.29 is 0 Å². The van der Waals surface area contributed by atoms with Crippen LogP contribution in [0.25, 0.3) is 0 Å². The summed E-state index contributed by atoms with van der Waals surface area (Å²) >= 11 is 3.54. The van der Waals surface area contributed by atoms with Crippen molar-refractivity contribution in [3.8, 4) is 0 Å². The van der Waals surface area contributed by atoms with Gasteiger partial charge in [0.2, 0.25) is 0 Å². The molecule has 1 saturated heterocycles. The van der Waals surface area contributed by atoms with Gasteiger partial charge in [-0.3, -0.25) is 0 Å². The zero-order valence-corrected chi connectivity index (χ0v) is 7.45. The summed E-state index contributed by atoms with van der Waals surface area (Å²) in [4.78, 5) is 10.1. The lowest BCUT2D eigenvalue weighted by Gasteiger charge is -2.14. The third-order valence-corrected chi connectivity index (χ3v) is 3.20. The second-order valence-corrected chi connectivity index (χ2v) is 4.04. The van der Waals surface area contributed by atoms with Gasteiger partial charge in [-0.25, -0.2) is 5.01 Å². The van der Waals surface area contributed by atoms with Gasteiger partial charge in [0, 0.05) is 11.5 Å². The Bertz CT molecular complexity index is 122. The number of hydrogen-bond donors (Lipinski definition) is 0. The highest BCUT2D eigenvalue weighted by atomic mass is 32.2. The van der Waals surface area contributed by atoms with Crippen molar-refractivity contribution in [2.24, 2.45) is 5.29 Å². The van der Waals surface area contributed by atoms with Crippen LogP contribution in [0, 0.1) is 4.91 Å². The van der Waals surface area contributed by atoms with Crippen molar-refractivity contribution in [3.05, 3.63) is 4.91 Å². The number of rotatable bonds is 3. The van der Waals surface area contributed by atoms with Gasteiger partial charge in [0.15, 0.2) is 0 Å². The van der Waals surface area contributed by atoms with Crippen LogP contribution in [-0.2, 0) is 0 Å². The van der Waals surface area contributed by atoms with E-state index in [1.165, 1.54) is 0 Å². The third-order valence-electron chi connectivity index (χ3n) is 1.42. The van der Waals surface area contributed by atoms with Crippen LogP contribution in [0.4, 0.5) is 0 Å². The Kier molecular flexibility index (Phi) is 3.34. The van der Waals surface area contributed by atoms with E-state index in [1.54, 1.807) is 28.5 Å². The van der Waals surface area contributed by atoms with Crippen LogP contribution in [0.5, 0.6) is 0 Å². The molecule has 3 nitrogen and oxygen atoms in total. The number of nitroso groups, excluding NO2 is 1. The molecule has 0 aromatic rings. The minimum absolute atomic E-state index is 0.373. The van der Waals surface area contributed by atoms with Gasteiger partial charge in [0.1, 0.15) is 0 Å². The molecule has 0 aliphatic carbocycles. The van der Waals surface area contributed by atoms with E-state index in [-0.39, 0.29) is 0 Å². The zero-order chi connectivity index (χ0) is 7.40. The molecule has 1 atom stereocenters. The second-order valence-electron chi connectivity index (χ2n) is 2.13. The molecule has 0 radical (unpaired) electrons. The van der Waals surface area contributed by atoms with Gasteiger partial charge in [-0.2, -0.15) is 11.8 Å². The van der Waals surface area contributed by atoms with Crippen LogP contribution in [0.15, 0.2) is 5.29 Å². The average Bonchev–Trinajstić information content (AvgIpc) is 2.36. The molecule has 1 rings (SSSR count). The summed E-state index contributed by atoms with van der Waals surface area (Å²) in [5.74, 6) is 2.83. The summed E-state index contributed by atoms with van der Waals surface area (Å²) in [6, 6.07) is 0.373. The minimum atomic E-state index is 0.373. The summed E-state index contributed by atoms with van der Waals surface area (Å²) in [6.07, 6.45) is 2.05. The minimum Gasteiger partial charge on any atom is -0.246 e. The predicted octanol–water partition coefficient (Wildman–Crippen LogP) is 1.41. The zero-order valence-electron chi connectivity index (χ0n) is 5.82. The molecule has 0 spiro atoms. The highest BCUT2D eigenvalue weighted by molar-refractivity contribution is 8.00. The molecule has 58 valence electrons. The van der Waals surface area contributed by atoms with Crippen LogP contribution < -0.4 is 0 Å². The van der Waals surface area contributed by atoms with Gasteiger partial charge >= 0.3 is 0 Å². The standard InChI is InChI=1S/C5H10N2OS2/c1-9-2-5-3-10-4-7(5)6-8/h5H,2-4H2,1H3. The summed E-state index contributed by atoms with van der Waals surface area (Å²) in [5.41, 5.74) is 0. The van der Waals surface area contributed by atoms with Crippen LogP contribution in [0.3, 0.4) is 0 Å². The van der Waals surface area contributed by atoms with E-state index >= 15 is 0 Å². The topological polar surface area (TPSA) is 32.7 Å². The number of thioether (sulfide) groups is 2. The molecule has 1 aliphatic heterocycles. The molecule has 0 saturated carbocycles. The average molecular weight is 178 g/mol. The van der Waals surface area contributed by atoms with Gasteiger partial charge in [-0.05, 0) is 6.26 Å². The lowest BCUT2D eigenvalue weighted by molar-refractivity contribution is 0.296. The van der Waals surface area contributed by atoms with Crippen molar-refractivity contribution in [1.29, 1.82) is 0 Å². The molecular formula is C5H10N2OS2. The Morgan fingerprint density at radius 1 is 1.90 bits per heavy atom. The maximum Gasteiger partial charge on any atom is 0.0851 e. The second kappa shape index (κ2) is 4.08. The molecule has 0 N–H and O–H groups in total. The normalized spacial score (nSPS) is 25.3. The quantitative estimate of drug-likeness (QED) is 0.612. The molecule has 0 bridgehead atoms. The van der Waals surface area contributed by atoms with Crippen LogP contribution in [-0.4, -0.2) is 34.7 Å². The lowest BCUT2D eigenvalue weighted by Crippen LogP contribution is -2.27. The lowest BCUT2D eigenvalue weighted by atomic mass is 10.4. The Morgan fingerprint density at radius 2 is 2.70 bits per heavy atom. The van der Waals surface area contributed by atoms with E-state index in [1.807, 2.05) is 6.26 Å². The molecule has 0 aromatic carbocycles. The highest BCUT2D eigenvalue weighted by Crippen LogP contribution is 2.22. The van der Waals surface area contributed by atoms with E-state index in [9.17, 15) is 4.91 Å². The first-order valence-corrected chi connectivity index (χ1v) is 5.60. The van der Waals surface area contributed by atoms with Crippen molar-refractivity contribution in [3.63, 3.8) is 0 Å². The largest absolute Gasteiger partial charge is 0.246 e. The molecule has 1 fully saturated rings. The first kappa shape index (κ1) is 8.20. The van der Waals surface area contributed by atoms with E-state index < -0.39 is 0 Å². The fraction of sp³-hybridized carbons (Fsp3) is 1.00. The molecule has 1 heterocycles. The Labute approximate surface area is 68.9 Å². The van der Waals surface area contributed by atoms with Gasteiger partial charge in [-0.1, -0.05) is 0 Å². The monoisotopic (exact) mass is 178 g/mol. The molecule has 1 unspecified atom stereocenters. The third kappa shape index (κ3) is 1.79. The SMILES string of the molecule is CSCC1CSCN1N=O. The molecule has 10 heavy (non-hydrogen) atoms. The van der Waals surface area contributed by atoms with Crippen LogP contribution >= 0.6 is 23.5 Å². The predicted molar refractivity (Wildman–Crippen MR) is 47.1 cm³/mol. The summed E-state index contributed by atoms with van der Waals surface area (Å²) in [6.45, 7) is 0. The van der Waals surface area contributed by atoms with Gasteiger partial charge in [0.25, 0.3) is 0 Å².